The Bertz CT molecular complexity index is 1310. The van der Waals surface area contributed by atoms with Gasteiger partial charge in [0.25, 0.3) is 5.56 Å². The lowest BCUT2D eigenvalue weighted by Gasteiger charge is -2.11. The highest BCUT2D eigenvalue weighted by Gasteiger charge is 2.18. The summed E-state index contributed by atoms with van der Waals surface area (Å²) in [4.78, 5) is 17.9. The molecule has 1 aliphatic rings. The monoisotopic (exact) mass is 402 g/mol. The van der Waals surface area contributed by atoms with E-state index in [2.05, 4.69) is 0 Å². The Balaban J connectivity index is 1.67. The summed E-state index contributed by atoms with van der Waals surface area (Å²) in [5, 5.41) is 1.05. The number of halogens is 1. The van der Waals surface area contributed by atoms with Gasteiger partial charge in [0, 0.05) is 0 Å². The second kappa shape index (κ2) is 7.11. The first-order valence-corrected chi connectivity index (χ1v) is 9.43. The number of hydrogen-bond acceptors (Lipinski definition) is 4. The second-order valence-electron chi connectivity index (χ2n) is 6.53. The molecule has 0 N–H and O–H groups in total. The molecule has 0 spiro atoms. The van der Waals surface area contributed by atoms with Gasteiger partial charge in [0.05, 0.1) is 21.6 Å². The van der Waals surface area contributed by atoms with E-state index >= 15 is 0 Å². The number of rotatable bonds is 3. The SMILES string of the molecule is O=c1c2ccccc2nc(/C=C/c2cc(Cl)c3c(c2)OCO3)n1-c1ccccc1. The fraction of sp³-hybridized carbons (Fsp3) is 0.0435. The fourth-order valence-electron chi connectivity index (χ4n) is 3.34. The Hall–Kier alpha value is -3.57. The van der Waals surface area contributed by atoms with Crippen molar-refractivity contribution in [2.45, 2.75) is 0 Å². The standard InChI is InChI=1S/C23H15ClN2O3/c24-18-12-15(13-20-22(18)29-14-28-20)10-11-21-25-19-9-5-4-8-17(19)23(27)26(21)16-6-2-1-3-7-16/h1-13H,14H2/b11-10+. The van der Waals surface area contributed by atoms with Gasteiger partial charge in [-0.1, -0.05) is 48.0 Å². The summed E-state index contributed by atoms with van der Waals surface area (Å²) in [5.74, 6) is 1.67. The van der Waals surface area contributed by atoms with Crippen LogP contribution in [0.4, 0.5) is 0 Å². The molecule has 29 heavy (non-hydrogen) atoms. The summed E-state index contributed by atoms with van der Waals surface area (Å²) in [6, 6.07) is 20.4. The first-order chi connectivity index (χ1) is 14.2. The molecule has 4 aromatic rings. The Kier molecular flexibility index (Phi) is 4.30. The molecule has 0 atom stereocenters. The Morgan fingerprint density at radius 2 is 1.76 bits per heavy atom. The van der Waals surface area contributed by atoms with Crippen molar-refractivity contribution in [3.63, 3.8) is 0 Å². The zero-order chi connectivity index (χ0) is 19.8. The normalized spacial score (nSPS) is 12.7. The third-order valence-corrected chi connectivity index (χ3v) is 4.97. The van der Waals surface area contributed by atoms with Crippen molar-refractivity contribution in [3.05, 3.63) is 93.5 Å². The second-order valence-corrected chi connectivity index (χ2v) is 6.94. The van der Waals surface area contributed by atoms with E-state index in [0.717, 1.165) is 11.3 Å². The van der Waals surface area contributed by atoms with E-state index in [4.69, 9.17) is 26.1 Å². The van der Waals surface area contributed by atoms with E-state index in [0.29, 0.717) is 33.2 Å². The van der Waals surface area contributed by atoms with Crippen LogP contribution < -0.4 is 15.0 Å². The van der Waals surface area contributed by atoms with E-state index in [9.17, 15) is 4.79 Å². The Labute approximate surface area is 171 Å². The first kappa shape index (κ1) is 17.5. The average molecular weight is 403 g/mol. The molecule has 0 fully saturated rings. The predicted molar refractivity (Wildman–Crippen MR) is 114 cm³/mol. The number of hydrogen-bond donors (Lipinski definition) is 0. The van der Waals surface area contributed by atoms with Gasteiger partial charge >= 0.3 is 0 Å². The molecule has 1 aromatic heterocycles. The van der Waals surface area contributed by atoms with E-state index in [1.54, 1.807) is 22.8 Å². The maximum absolute atomic E-state index is 13.2. The summed E-state index contributed by atoms with van der Waals surface area (Å²) in [6.07, 6.45) is 3.65. The van der Waals surface area contributed by atoms with Crippen molar-refractivity contribution in [3.8, 4) is 17.2 Å². The van der Waals surface area contributed by atoms with Gasteiger partial charge in [0.2, 0.25) is 6.79 Å². The number of fused-ring (bicyclic) bond motifs is 2. The van der Waals surface area contributed by atoms with Crippen LogP contribution in [0.1, 0.15) is 11.4 Å². The van der Waals surface area contributed by atoms with E-state index in [1.807, 2.05) is 60.7 Å². The lowest BCUT2D eigenvalue weighted by Crippen LogP contribution is -2.22. The predicted octanol–water partition coefficient (Wildman–Crippen LogP) is 4.94. The molecule has 1 aliphatic heterocycles. The number of aromatic nitrogens is 2. The van der Waals surface area contributed by atoms with Crippen molar-refractivity contribution >= 4 is 34.7 Å². The number of para-hydroxylation sites is 2. The summed E-state index contributed by atoms with van der Waals surface area (Å²) in [6.45, 7) is 0.155. The largest absolute Gasteiger partial charge is 0.454 e. The molecular formula is C23H15ClN2O3. The molecule has 0 radical (unpaired) electrons. The fourth-order valence-corrected chi connectivity index (χ4v) is 3.62. The van der Waals surface area contributed by atoms with Crippen LogP contribution in [-0.2, 0) is 0 Å². The summed E-state index contributed by atoms with van der Waals surface area (Å²) in [7, 11) is 0. The van der Waals surface area contributed by atoms with Crippen LogP contribution in [0.25, 0.3) is 28.7 Å². The Morgan fingerprint density at radius 3 is 2.62 bits per heavy atom. The molecule has 5 nitrogen and oxygen atoms in total. The minimum Gasteiger partial charge on any atom is -0.454 e. The molecule has 0 unspecified atom stereocenters. The molecule has 0 aliphatic carbocycles. The molecule has 0 saturated carbocycles. The van der Waals surface area contributed by atoms with Crippen LogP contribution >= 0.6 is 11.6 Å². The summed E-state index contributed by atoms with van der Waals surface area (Å²) in [5.41, 5.74) is 2.10. The first-order valence-electron chi connectivity index (χ1n) is 9.05. The van der Waals surface area contributed by atoms with Crippen LogP contribution in [0.5, 0.6) is 11.5 Å². The average Bonchev–Trinajstić information content (AvgIpc) is 3.22. The van der Waals surface area contributed by atoms with Gasteiger partial charge < -0.3 is 9.47 Å². The zero-order valence-electron chi connectivity index (χ0n) is 15.2. The molecule has 2 heterocycles. The molecular weight excluding hydrogens is 388 g/mol. The van der Waals surface area contributed by atoms with Crippen LogP contribution in [0, 0.1) is 0 Å². The van der Waals surface area contributed by atoms with Crippen LogP contribution in [-0.4, -0.2) is 16.3 Å². The van der Waals surface area contributed by atoms with Gasteiger partial charge in [0.15, 0.2) is 11.5 Å². The van der Waals surface area contributed by atoms with Gasteiger partial charge in [-0.15, -0.1) is 0 Å². The molecule has 0 amide bonds. The highest BCUT2D eigenvalue weighted by molar-refractivity contribution is 6.32. The number of benzene rings is 3. The third kappa shape index (κ3) is 3.15. The maximum Gasteiger partial charge on any atom is 0.266 e. The molecule has 6 heteroatoms. The molecule has 0 saturated heterocycles. The van der Waals surface area contributed by atoms with Gasteiger partial charge in [-0.3, -0.25) is 9.36 Å². The van der Waals surface area contributed by atoms with Crippen molar-refractivity contribution in [2.24, 2.45) is 0 Å². The van der Waals surface area contributed by atoms with E-state index in [-0.39, 0.29) is 12.4 Å². The number of nitrogens with zero attached hydrogens (tertiary/aromatic N) is 2. The van der Waals surface area contributed by atoms with Crippen LogP contribution in [0.15, 0.2) is 71.5 Å². The summed E-state index contributed by atoms with van der Waals surface area (Å²) < 4.78 is 12.4. The molecule has 0 bridgehead atoms. The molecule has 142 valence electrons. The van der Waals surface area contributed by atoms with Crippen molar-refractivity contribution in [1.29, 1.82) is 0 Å². The minimum atomic E-state index is -0.120. The van der Waals surface area contributed by atoms with Gasteiger partial charge in [-0.2, -0.15) is 0 Å². The highest BCUT2D eigenvalue weighted by atomic mass is 35.5. The maximum atomic E-state index is 13.2. The van der Waals surface area contributed by atoms with Crippen molar-refractivity contribution in [2.75, 3.05) is 6.79 Å². The minimum absolute atomic E-state index is 0.120. The summed E-state index contributed by atoms with van der Waals surface area (Å²) >= 11 is 6.28. The van der Waals surface area contributed by atoms with E-state index in [1.165, 1.54) is 0 Å². The van der Waals surface area contributed by atoms with Crippen LogP contribution in [0.2, 0.25) is 5.02 Å². The van der Waals surface area contributed by atoms with Crippen molar-refractivity contribution in [1.82, 2.24) is 9.55 Å². The lowest BCUT2D eigenvalue weighted by molar-refractivity contribution is 0.174. The topological polar surface area (TPSA) is 53.4 Å². The van der Waals surface area contributed by atoms with Gasteiger partial charge in [0.1, 0.15) is 5.82 Å². The lowest BCUT2D eigenvalue weighted by atomic mass is 10.1. The molecule has 5 rings (SSSR count). The zero-order valence-corrected chi connectivity index (χ0v) is 16.0. The smallest absolute Gasteiger partial charge is 0.266 e. The van der Waals surface area contributed by atoms with E-state index < -0.39 is 0 Å². The van der Waals surface area contributed by atoms with Crippen LogP contribution in [0.3, 0.4) is 0 Å². The Morgan fingerprint density at radius 1 is 0.966 bits per heavy atom. The number of ether oxygens (including phenoxy) is 2. The van der Waals surface area contributed by atoms with Gasteiger partial charge in [-0.25, -0.2) is 4.98 Å². The molecule has 3 aromatic carbocycles. The quantitative estimate of drug-likeness (QED) is 0.487. The highest BCUT2D eigenvalue weighted by Crippen LogP contribution is 2.40. The van der Waals surface area contributed by atoms with Gasteiger partial charge in [-0.05, 0) is 48.0 Å². The third-order valence-electron chi connectivity index (χ3n) is 4.69. The van der Waals surface area contributed by atoms with Crippen molar-refractivity contribution < 1.29 is 9.47 Å².